The lowest BCUT2D eigenvalue weighted by Crippen LogP contribution is -2.13. The normalized spacial score (nSPS) is 13.7. The van der Waals surface area contributed by atoms with Crippen molar-refractivity contribution < 1.29 is 14.2 Å². The summed E-state index contributed by atoms with van der Waals surface area (Å²) in [6.45, 7) is 11.8. The van der Waals surface area contributed by atoms with Gasteiger partial charge in [0.2, 0.25) is 6.79 Å². The van der Waals surface area contributed by atoms with E-state index in [1.54, 1.807) is 23.1 Å². The Bertz CT molecular complexity index is 1340. The van der Waals surface area contributed by atoms with Crippen molar-refractivity contribution >= 4 is 23.1 Å². The SMILES string of the molecule is CCn1c(SCc2csc(-c3ccc4c(c3)OCO4)n2)nnc1C(C)Oc1ccc(C(C)(C)C)cc1. The van der Waals surface area contributed by atoms with Gasteiger partial charge < -0.3 is 18.8 Å². The van der Waals surface area contributed by atoms with Crippen LogP contribution in [0.1, 0.15) is 57.8 Å². The summed E-state index contributed by atoms with van der Waals surface area (Å²) in [4.78, 5) is 4.82. The number of thiazole rings is 1. The van der Waals surface area contributed by atoms with E-state index < -0.39 is 0 Å². The molecule has 0 saturated heterocycles. The zero-order valence-electron chi connectivity index (χ0n) is 21.1. The van der Waals surface area contributed by atoms with Crippen LogP contribution in [0.5, 0.6) is 17.2 Å². The van der Waals surface area contributed by atoms with Crippen LogP contribution in [0.4, 0.5) is 0 Å². The number of hydrogen-bond donors (Lipinski definition) is 0. The van der Waals surface area contributed by atoms with Gasteiger partial charge >= 0.3 is 0 Å². The molecule has 3 heterocycles. The second-order valence-electron chi connectivity index (χ2n) is 9.62. The number of thioether (sulfide) groups is 1. The Balaban J connectivity index is 1.24. The van der Waals surface area contributed by atoms with E-state index in [-0.39, 0.29) is 18.3 Å². The molecule has 188 valence electrons. The Morgan fingerprint density at radius 3 is 2.61 bits per heavy atom. The predicted octanol–water partition coefficient (Wildman–Crippen LogP) is 6.88. The molecule has 7 nitrogen and oxygen atoms in total. The summed E-state index contributed by atoms with van der Waals surface area (Å²) >= 11 is 3.26. The van der Waals surface area contributed by atoms with E-state index in [4.69, 9.17) is 19.2 Å². The predicted molar refractivity (Wildman–Crippen MR) is 143 cm³/mol. The molecule has 0 amide bonds. The highest BCUT2D eigenvalue weighted by atomic mass is 32.2. The van der Waals surface area contributed by atoms with E-state index >= 15 is 0 Å². The fraction of sp³-hybridized carbons (Fsp3) is 0.370. The molecule has 0 N–H and O–H groups in total. The van der Waals surface area contributed by atoms with Gasteiger partial charge in [-0.05, 0) is 55.2 Å². The van der Waals surface area contributed by atoms with Gasteiger partial charge in [-0.15, -0.1) is 21.5 Å². The number of ether oxygens (including phenoxy) is 3. The van der Waals surface area contributed by atoms with E-state index in [1.807, 2.05) is 37.3 Å². The second-order valence-corrected chi connectivity index (χ2v) is 11.4. The Kier molecular flexibility index (Phi) is 6.94. The van der Waals surface area contributed by atoms with Crippen LogP contribution in [0.15, 0.2) is 53.0 Å². The number of rotatable bonds is 8. The van der Waals surface area contributed by atoms with Crippen LogP contribution in [0.3, 0.4) is 0 Å². The second kappa shape index (κ2) is 10.1. The molecular weight excluding hydrogens is 492 g/mol. The fourth-order valence-electron chi connectivity index (χ4n) is 3.97. The van der Waals surface area contributed by atoms with Crippen molar-refractivity contribution in [2.24, 2.45) is 0 Å². The van der Waals surface area contributed by atoms with Crippen molar-refractivity contribution in [2.45, 2.75) is 63.6 Å². The molecule has 2 aromatic carbocycles. The number of benzene rings is 2. The molecule has 0 bridgehead atoms. The molecule has 0 aliphatic carbocycles. The van der Waals surface area contributed by atoms with Crippen LogP contribution in [-0.2, 0) is 17.7 Å². The van der Waals surface area contributed by atoms with E-state index in [0.717, 1.165) is 51.0 Å². The number of hydrogen-bond acceptors (Lipinski definition) is 8. The number of aromatic nitrogens is 4. The van der Waals surface area contributed by atoms with E-state index in [1.165, 1.54) is 5.56 Å². The molecule has 36 heavy (non-hydrogen) atoms. The molecule has 0 fully saturated rings. The van der Waals surface area contributed by atoms with E-state index in [2.05, 4.69) is 60.0 Å². The first-order valence-electron chi connectivity index (χ1n) is 12.0. The van der Waals surface area contributed by atoms with Gasteiger partial charge in [-0.2, -0.15) is 0 Å². The maximum atomic E-state index is 6.21. The van der Waals surface area contributed by atoms with Crippen molar-refractivity contribution in [3.63, 3.8) is 0 Å². The molecule has 9 heteroatoms. The van der Waals surface area contributed by atoms with Gasteiger partial charge in [0.05, 0.1) is 5.69 Å². The summed E-state index contributed by atoms with van der Waals surface area (Å²) in [5.74, 6) is 3.90. The maximum absolute atomic E-state index is 6.21. The highest BCUT2D eigenvalue weighted by Crippen LogP contribution is 2.37. The zero-order valence-corrected chi connectivity index (χ0v) is 22.8. The molecule has 2 aromatic heterocycles. The number of nitrogens with zero attached hydrogens (tertiary/aromatic N) is 4. The van der Waals surface area contributed by atoms with Gasteiger partial charge in [-0.3, -0.25) is 0 Å². The fourth-order valence-corrected chi connectivity index (χ4v) is 5.79. The molecule has 0 radical (unpaired) electrons. The first-order chi connectivity index (χ1) is 17.3. The Morgan fingerprint density at radius 1 is 1.08 bits per heavy atom. The summed E-state index contributed by atoms with van der Waals surface area (Å²) in [7, 11) is 0. The lowest BCUT2D eigenvalue weighted by atomic mass is 9.87. The quantitative estimate of drug-likeness (QED) is 0.234. The third kappa shape index (κ3) is 5.22. The number of fused-ring (bicyclic) bond motifs is 1. The largest absolute Gasteiger partial charge is 0.483 e. The summed E-state index contributed by atoms with van der Waals surface area (Å²) in [5, 5.41) is 12.8. The van der Waals surface area contributed by atoms with Gasteiger partial charge in [-0.1, -0.05) is 44.7 Å². The first kappa shape index (κ1) is 24.6. The average molecular weight is 523 g/mol. The van der Waals surface area contributed by atoms with Crippen LogP contribution >= 0.6 is 23.1 Å². The monoisotopic (exact) mass is 522 g/mol. The van der Waals surface area contributed by atoms with Crippen molar-refractivity contribution in [3.05, 3.63) is 64.9 Å². The molecule has 4 aromatic rings. The highest BCUT2D eigenvalue weighted by Gasteiger charge is 2.20. The Morgan fingerprint density at radius 2 is 1.86 bits per heavy atom. The van der Waals surface area contributed by atoms with Crippen molar-refractivity contribution in [1.82, 2.24) is 19.7 Å². The molecule has 0 spiro atoms. The minimum absolute atomic E-state index is 0.112. The summed E-state index contributed by atoms with van der Waals surface area (Å²) in [6.07, 6.45) is -0.218. The van der Waals surface area contributed by atoms with Crippen LogP contribution in [0.2, 0.25) is 0 Å². The summed E-state index contributed by atoms with van der Waals surface area (Å²) in [6, 6.07) is 14.2. The lowest BCUT2D eigenvalue weighted by Gasteiger charge is -2.20. The molecular formula is C27H30N4O3S2. The van der Waals surface area contributed by atoms with E-state index in [9.17, 15) is 0 Å². The van der Waals surface area contributed by atoms with Crippen LogP contribution in [0.25, 0.3) is 10.6 Å². The lowest BCUT2D eigenvalue weighted by molar-refractivity contribution is 0.174. The summed E-state index contributed by atoms with van der Waals surface area (Å²) < 4.78 is 19.2. The topological polar surface area (TPSA) is 71.3 Å². The van der Waals surface area contributed by atoms with Crippen molar-refractivity contribution in [2.75, 3.05) is 6.79 Å². The standard InChI is InChI=1S/C27H30N4O3S2/c1-6-31-24(17(2)34-21-10-8-19(9-11-21)27(3,4)5)29-30-26(31)36-15-20-14-35-25(28-20)18-7-12-22-23(13-18)33-16-32-22/h7-14,17H,6,15-16H2,1-5H3. The molecule has 0 saturated carbocycles. The van der Waals surface area contributed by atoms with Crippen molar-refractivity contribution in [1.29, 1.82) is 0 Å². The third-order valence-electron chi connectivity index (χ3n) is 5.98. The minimum Gasteiger partial charge on any atom is -0.483 e. The minimum atomic E-state index is -0.218. The van der Waals surface area contributed by atoms with Crippen LogP contribution < -0.4 is 14.2 Å². The van der Waals surface area contributed by atoms with Gasteiger partial charge in [0.1, 0.15) is 10.8 Å². The molecule has 1 aliphatic heterocycles. The van der Waals surface area contributed by atoms with Crippen LogP contribution in [0, 0.1) is 0 Å². The Hall–Kier alpha value is -3.04. The molecule has 1 unspecified atom stereocenters. The zero-order chi connectivity index (χ0) is 25.3. The van der Waals surface area contributed by atoms with E-state index in [0.29, 0.717) is 5.75 Å². The van der Waals surface area contributed by atoms with Crippen molar-refractivity contribution in [3.8, 4) is 27.8 Å². The Labute approximate surface area is 219 Å². The van der Waals surface area contributed by atoms with Gasteiger partial charge in [0.15, 0.2) is 28.6 Å². The third-order valence-corrected chi connectivity index (χ3v) is 7.92. The molecule has 1 atom stereocenters. The smallest absolute Gasteiger partial charge is 0.231 e. The van der Waals surface area contributed by atoms with Gasteiger partial charge in [0, 0.05) is 23.2 Å². The molecule has 5 rings (SSSR count). The maximum Gasteiger partial charge on any atom is 0.231 e. The average Bonchev–Trinajstić information content (AvgIpc) is 3.61. The first-order valence-corrected chi connectivity index (χ1v) is 13.9. The molecule has 1 aliphatic rings. The van der Waals surface area contributed by atoms with Gasteiger partial charge in [-0.25, -0.2) is 4.98 Å². The summed E-state index contributed by atoms with van der Waals surface area (Å²) in [5.41, 5.74) is 3.43. The highest BCUT2D eigenvalue weighted by molar-refractivity contribution is 7.98. The van der Waals surface area contributed by atoms with Gasteiger partial charge in [0.25, 0.3) is 0 Å². The van der Waals surface area contributed by atoms with Crippen LogP contribution in [-0.4, -0.2) is 26.5 Å².